The van der Waals surface area contributed by atoms with Crippen LogP contribution in [0, 0.1) is 18.3 Å². The molecule has 1 heterocycles. The lowest BCUT2D eigenvalue weighted by molar-refractivity contribution is 0.252. The van der Waals surface area contributed by atoms with Gasteiger partial charge in [-0.3, -0.25) is 0 Å². The van der Waals surface area contributed by atoms with Crippen LogP contribution in [0.4, 0.5) is 10.5 Å². The van der Waals surface area contributed by atoms with E-state index in [0.717, 1.165) is 33.3 Å². The lowest BCUT2D eigenvalue weighted by Crippen LogP contribution is -2.24. The van der Waals surface area contributed by atoms with Crippen LogP contribution in [0.2, 0.25) is 0 Å². The van der Waals surface area contributed by atoms with Crippen LogP contribution in [0.15, 0.2) is 84.1 Å². The van der Waals surface area contributed by atoms with Crippen molar-refractivity contribution < 1.29 is 4.79 Å². The fourth-order valence-corrected chi connectivity index (χ4v) is 3.48. The number of carbonyl (C=O) groups is 1. The maximum absolute atomic E-state index is 12.2. The Kier molecular flexibility index (Phi) is 5.77. The van der Waals surface area contributed by atoms with E-state index in [2.05, 4.69) is 26.5 Å². The van der Waals surface area contributed by atoms with Gasteiger partial charge in [0.25, 0.3) is 0 Å². The zero-order valence-corrected chi connectivity index (χ0v) is 17.0. The van der Waals surface area contributed by atoms with Crippen LogP contribution >= 0.6 is 0 Å². The van der Waals surface area contributed by atoms with Gasteiger partial charge in [0.1, 0.15) is 0 Å². The molecule has 152 valence electrons. The molecule has 2 N–H and O–H groups in total. The summed E-state index contributed by atoms with van der Waals surface area (Å²) < 4.78 is 2.08. The van der Waals surface area contributed by atoms with Crippen LogP contribution in [0.1, 0.15) is 22.3 Å². The van der Waals surface area contributed by atoms with Crippen LogP contribution in [0.25, 0.3) is 10.9 Å². The van der Waals surface area contributed by atoms with E-state index in [0.29, 0.717) is 12.1 Å². The minimum absolute atomic E-state index is 0.405. The Morgan fingerprint density at radius 2 is 1.81 bits per heavy atom. The second-order valence-electron chi connectivity index (χ2n) is 7.14. The molecule has 1 aromatic heterocycles. The number of hydrazone groups is 1. The third-order valence-electron chi connectivity index (χ3n) is 5.06. The van der Waals surface area contributed by atoms with Gasteiger partial charge in [0.15, 0.2) is 0 Å². The van der Waals surface area contributed by atoms with Gasteiger partial charge < -0.3 is 9.88 Å². The molecule has 6 nitrogen and oxygen atoms in total. The summed E-state index contributed by atoms with van der Waals surface area (Å²) in [5.74, 6) is 0. The summed E-state index contributed by atoms with van der Waals surface area (Å²) in [6.07, 6.45) is 3.61. The number of rotatable bonds is 5. The van der Waals surface area contributed by atoms with Gasteiger partial charge in [-0.15, -0.1) is 0 Å². The van der Waals surface area contributed by atoms with Gasteiger partial charge in [-0.25, -0.2) is 10.2 Å². The highest BCUT2D eigenvalue weighted by Gasteiger charge is 2.09. The molecule has 6 heteroatoms. The molecule has 0 radical (unpaired) electrons. The van der Waals surface area contributed by atoms with Gasteiger partial charge in [-0.05, 0) is 36.2 Å². The first-order valence-electron chi connectivity index (χ1n) is 9.87. The van der Waals surface area contributed by atoms with Crippen molar-refractivity contribution in [1.82, 2.24) is 9.99 Å². The molecular formula is C25H21N5O. The third-order valence-corrected chi connectivity index (χ3v) is 5.06. The molecule has 0 aliphatic rings. The molecule has 4 aromatic rings. The fraction of sp³-hybridized carbons (Fsp3) is 0.0800. The van der Waals surface area contributed by atoms with Crippen LogP contribution in [0.5, 0.6) is 0 Å². The maximum atomic E-state index is 12.2. The molecule has 0 saturated carbocycles. The number of hydrogen-bond donors (Lipinski definition) is 2. The summed E-state index contributed by atoms with van der Waals surface area (Å²) >= 11 is 0. The van der Waals surface area contributed by atoms with Crippen molar-refractivity contribution in [3.05, 3.63) is 101 Å². The zero-order chi connectivity index (χ0) is 21.6. The first kappa shape index (κ1) is 19.9. The van der Waals surface area contributed by atoms with Crippen molar-refractivity contribution in [3.8, 4) is 6.07 Å². The van der Waals surface area contributed by atoms with Crippen molar-refractivity contribution >= 4 is 28.8 Å². The van der Waals surface area contributed by atoms with Crippen LogP contribution in [0.3, 0.4) is 0 Å². The zero-order valence-electron chi connectivity index (χ0n) is 17.0. The SMILES string of the molecule is Cc1ccccc1NC(=O)NN=Cc1cn(Cc2ccccc2C#N)c2ccccc12. The summed E-state index contributed by atoms with van der Waals surface area (Å²) in [6.45, 7) is 2.50. The molecular weight excluding hydrogens is 386 g/mol. The summed E-state index contributed by atoms with van der Waals surface area (Å²) in [5.41, 5.74) is 7.74. The molecule has 0 aliphatic heterocycles. The summed E-state index contributed by atoms with van der Waals surface area (Å²) in [5, 5.41) is 17.3. The van der Waals surface area contributed by atoms with E-state index in [-0.39, 0.29) is 0 Å². The normalized spacial score (nSPS) is 10.8. The molecule has 2 amide bonds. The quantitative estimate of drug-likeness (QED) is 0.359. The van der Waals surface area contributed by atoms with Crippen molar-refractivity contribution in [2.45, 2.75) is 13.5 Å². The first-order chi connectivity index (χ1) is 15.2. The predicted molar refractivity (Wildman–Crippen MR) is 123 cm³/mol. The van der Waals surface area contributed by atoms with Gasteiger partial charge in [0.05, 0.1) is 17.8 Å². The standard InChI is InChI=1S/C25H21N5O/c1-18-8-2-6-12-23(18)28-25(31)29-27-15-21-17-30(24-13-7-5-11-22(21)24)16-20-10-4-3-9-19(20)14-26/h2-13,15,17H,16H2,1H3,(H2,28,29,31). The fourth-order valence-electron chi connectivity index (χ4n) is 3.48. The molecule has 0 bridgehead atoms. The van der Waals surface area contributed by atoms with Gasteiger partial charge in [-0.2, -0.15) is 10.4 Å². The first-order valence-corrected chi connectivity index (χ1v) is 9.87. The number of fused-ring (bicyclic) bond motifs is 1. The largest absolute Gasteiger partial charge is 0.342 e. The van der Waals surface area contributed by atoms with Gasteiger partial charge in [-0.1, -0.05) is 54.6 Å². The topological polar surface area (TPSA) is 82.2 Å². The third kappa shape index (κ3) is 4.46. The molecule has 31 heavy (non-hydrogen) atoms. The van der Waals surface area contributed by atoms with Crippen molar-refractivity contribution in [2.24, 2.45) is 5.10 Å². The summed E-state index contributed by atoms with van der Waals surface area (Å²) in [6, 6.07) is 24.9. The molecule has 0 saturated heterocycles. The number of aromatic nitrogens is 1. The number of nitriles is 1. The Hall–Kier alpha value is -4.37. The summed E-state index contributed by atoms with van der Waals surface area (Å²) in [7, 11) is 0. The van der Waals surface area contributed by atoms with Crippen molar-refractivity contribution in [1.29, 1.82) is 5.26 Å². The van der Waals surface area contributed by atoms with Crippen molar-refractivity contribution in [2.75, 3.05) is 5.32 Å². The monoisotopic (exact) mass is 407 g/mol. The van der Waals surface area contributed by atoms with Gasteiger partial charge in [0, 0.05) is 34.9 Å². The number of nitrogens with one attached hydrogen (secondary N) is 2. The van der Waals surface area contributed by atoms with Crippen LogP contribution < -0.4 is 10.7 Å². The van der Waals surface area contributed by atoms with Crippen LogP contribution in [-0.2, 0) is 6.54 Å². The molecule has 0 atom stereocenters. The number of hydrogen-bond acceptors (Lipinski definition) is 3. The smallest absolute Gasteiger partial charge is 0.339 e. The number of amides is 2. The van der Waals surface area contributed by atoms with E-state index < -0.39 is 6.03 Å². The average Bonchev–Trinajstić information content (AvgIpc) is 3.13. The van der Waals surface area contributed by atoms with Crippen LogP contribution in [-0.4, -0.2) is 16.8 Å². The molecule has 0 aliphatic carbocycles. The number of urea groups is 1. The maximum Gasteiger partial charge on any atom is 0.339 e. The number of benzene rings is 3. The highest BCUT2D eigenvalue weighted by Crippen LogP contribution is 2.22. The number of aryl methyl sites for hydroxylation is 1. The highest BCUT2D eigenvalue weighted by molar-refractivity contribution is 6.00. The summed E-state index contributed by atoms with van der Waals surface area (Å²) in [4.78, 5) is 12.2. The number of para-hydroxylation sites is 2. The minimum Gasteiger partial charge on any atom is -0.342 e. The second kappa shape index (κ2) is 8.97. The average molecular weight is 407 g/mol. The van der Waals surface area contributed by atoms with E-state index in [1.54, 1.807) is 6.21 Å². The molecule has 0 spiro atoms. The lowest BCUT2D eigenvalue weighted by Gasteiger charge is -2.07. The molecule has 0 fully saturated rings. The Balaban J connectivity index is 1.54. The molecule has 3 aromatic carbocycles. The highest BCUT2D eigenvalue weighted by atomic mass is 16.2. The van der Waals surface area contributed by atoms with E-state index in [1.807, 2.05) is 85.9 Å². The van der Waals surface area contributed by atoms with Gasteiger partial charge >= 0.3 is 6.03 Å². The number of anilines is 1. The Labute approximate surface area is 180 Å². The van der Waals surface area contributed by atoms with Crippen molar-refractivity contribution in [3.63, 3.8) is 0 Å². The minimum atomic E-state index is -0.405. The Morgan fingerprint density at radius 3 is 2.65 bits per heavy atom. The molecule has 0 unspecified atom stereocenters. The van der Waals surface area contributed by atoms with E-state index in [1.165, 1.54) is 0 Å². The number of nitrogens with zero attached hydrogens (tertiary/aromatic N) is 3. The Bertz CT molecular complexity index is 1310. The van der Waals surface area contributed by atoms with E-state index in [9.17, 15) is 10.1 Å². The van der Waals surface area contributed by atoms with E-state index >= 15 is 0 Å². The van der Waals surface area contributed by atoms with E-state index in [4.69, 9.17) is 0 Å². The molecule has 4 rings (SSSR count). The Morgan fingerprint density at radius 1 is 1.06 bits per heavy atom. The predicted octanol–water partition coefficient (Wildman–Crippen LogP) is 5.03. The lowest BCUT2D eigenvalue weighted by atomic mass is 10.1. The number of carbonyl (C=O) groups excluding carboxylic acids is 1. The van der Waals surface area contributed by atoms with Gasteiger partial charge in [0.2, 0.25) is 0 Å². The second-order valence-corrected chi connectivity index (χ2v) is 7.14.